The second-order valence-electron chi connectivity index (χ2n) is 6.41. The van der Waals surface area contributed by atoms with Crippen molar-refractivity contribution in [3.63, 3.8) is 0 Å². The second kappa shape index (κ2) is 7.33. The first-order valence-electron chi connectivity index (χ1n) is 8.60. The minimum Gasteiger partial charge on any atom is -0.322 e. The lowest BCUT2D eigenvalue weighted by Gasteiger charge is -2.05. The third-order valence-electron chi connectivity index (χ3n) is 4.31. The molecule has 0 spiro atoms. The minimum absolute atomic E-state index is 0.0271. The average Bonchev–Trinajstić information content (AvgIpc) is 3.12. The highest BCUT2D eigenvalue weighted by Gasteiger charge is 2.16. The number of benzene rings is 3. The van der Waals surface area contributed by atoms with Crippen LogP contribution in [0.15, 0.2) is 60.7 Å². The Morgan fingerprint density at radius 3 is 2.48 bits per heavy atom. The molecular formula is C20H14ClN5O3. The first kappa shape index (κ1) is 18.6. The van der Waals surface area contributed by atoms with E-state index in [0.29, 0.717) is 16.7 Å². The predicted molar refractivity (Wildman–Crippen MR) is 110 cm³/mol. The van der Waals surface area contributed by atoms with Crippen molar-refractivity contribution in [1.82, 2.24) is 15.0 Å². The molecule has 0 saturated carbocycles. The molecule has 0 saturated heterocycles. The highest BCUT2D eigenvalue weighted by molar-refractivity contribution is 6.32. The summed E-state index contributed by atoms with van der Waals surface area (Å²) >= 11 is 5.79. The molecule has 1 heterocycles. The number of nitrogens with zero attached hydrogens (tertiary/aromatic N) is 4. The molecule has 1 aromatic heterocycles. The van der Waals surface area contributed by atoms with E-state index in [9.17, 15) is 14.9 Å². The fraction of sp³-hybridized carbons (Fsp3) is 0.0500. The molecule has 0 aliphatic rings. The molecular weight excluding hydrogens is 394 g/mol. The van der Waals surface area contributed by atoms with Crippen LogP contribution in [0.2, 0.25) is 5.02 Å². The fourth-order valence-corrected chi connectivity index (χ4v) is 2.97. The number of anilines is 1. The number of fused-ring (bicyclic) bond motifs is 1. The van der Waals surface area contributed by atoms with Gasteiger partial charge in [-0.3, -0.25) is 14.9 Å². The van der Waals surface area contributed by atoms with Crippen molar-refractivity contribution in [1.29, 1.82) is 0 Å². The Morgan fingerprint density at radius 2 is 1.76 bits per heavy atom. The molecule has 3 aromatic carbocycles. The molecule has 144 valence electrons. The van der Waals surface area contributed by atoms with Gasteiger partial charge >= 0.3 is 0 Å². The fourth-order valence-electron chi connectivity index (χ4n) is 2.78. The van der Waals surface area contributed by atoms with Gasteiger partial charge in [0.05, 0.1) is 10.6 Å². The maximum absolute atomic E-state index is 12.5. The molecule has 1 amide bonds. The molecule has 0 radical (unpaired) electrons. The van der Waals surface area contributed by atoms with Gasteiger partial charge in [0, 0.05) is 17.3 Å². The Hall–Kier alpha value is -3.78. The zero-order valence-corrected chi connectivity index (χ0v) is 15.9. The molecule has 4 aromatic rings. The first-order valence-corrected chi connectivity index (χ1v) is 8.98. The molecule has 0 atom stereocenters. The number of aryl methyl sites for hydroxylation is 1. The van der Waals surface area contributed by atoms with Gasteiger partial charge in [0.15, 0.2) is 0 Å². The summed E-state index contributed by atoms with van der Waals surface area (Å²) in [7, 11) is 0. The summed E-state index contributed by atoms with van der Waals surface area (Å²) in [6.45, 7) is 2.00. The molecule has 9 heteroatoms. The summed E-state index contributed by atoms with van der Waals surface area (Å²) in [5, 5.41) is 22.6. The third-order valence-corrected chi connectivity index (χ3v) is 4.63. The van der Waals surface area contributed by atoms with Crippen LogP contribution < -0.4 is 5.32 Å². The molecule has 29 heavy (non-hydrogen) atoms. The lowest BCUT2D eigenvalue weighted by Crippen LogP contribution is -2.12. The van der Waals surface area contributed by atoms with Gasteiger partial charge in [-0.05, 0) is 49.4 Å². The van der Waals surface area contributed by atoms with Crippen molar-refractivity contribution in [2.24, 2.45) is 0 Å². The van der Waals surface area contributed by atoms with E-state index in [-0.39, 0.29) is 16.3 Å². The molecule has 4 rings (SSSR count). The normalized spacial score (nSPS) is 10.8. The Bertz CT molecular complexity index is 1250. The van der Waals surface area contributed by atoms with Gasteiger partial charge in [-0.2, -0.15) is 4.80 Å². The van der Waals surface area contributed by atoms with Crippen LogP contribution in [0, 0.1) is 17.0 Å². The lowest BCUT2D eigenvalue weighted by molar-refractivity contribution is -0.384. The van der Waals surface area contributed by atoms with Gasteiger partial charge in [-0.25, -0.2) is 0 Å². The van der Waals surface area contributed by atoms with Crippen molar-refractivity contribution < 1.29 is 9.72 Å². The summed E-state index contributed by atoms with van der Waals surface area (Å²) in [5.41, 5.74) is 3.54. The maximum atomic E-state index is 12.5. The minimum atomic E-state index is -0.630. The molecule has 8 nitrogen and oxygen atoms in total. The number of aromatic nitrogens is 3. The smallest absolute Gasteiger partial charge is 0.288 e. The Labute approximate surface area is 169 Å². The van der Waals surface area contributed by atoms with Crippen molar-refractivity contribution in [2.75, 3.05) is 5.32 Å². The van der Waals surface area contributed by atoms with Crippen molar-refractivity contribution >= 4 is 39.9 Å². The number of nitrogens with one attached hydrogen (secondary N) is 1. The summed E-state index contributed by atoms with van der Waals surface area (Å²) in [4.78, 5) is 24.4. The summed E-state index contributed by atoms with van der Waals surface area (Å²) in [6, 6.07) is 16.8. The summed E-state index contributed by atoms with van der Waals surface area (Å²) in [5.74, 6) is -0.491. The van der Waals surface area contributed by atoms with Crippen LogP contribution in [0.4, 0.5) is 11.4 Å². The van der Waals surface area contributed by atoms with E-state index in [1.807, 2.05) is 31.2 Å². The Balaban J connectivity index is 1.60. The monoisotopic (exact) mass is 407 g/mol. The number of carbonyl (C=O) groups is 1. The highest BCUT2D eigenvalue weighted by atomic mass is 35.5. The van der Waals surface area contributed by atoms with Gasteiger partial charge in [-0.15, -0.1) is 10.2 Å². The van der Waals surface area contributed by atoms with E-state index in [1.54, 1.807) is 18.2 Å². The van der Waals surface area contributed by atoms with E-state index in [1.165, 1.54) is 16.9 Å². The van der Waals surface area contributed by atoms with E-state index in [2.05, 4.69) is 15.5 Å². The number of halogens is 1. The predicted octanol–water partition coefficient (Wildman–Crippen LogP) is 4.54. The van der Waals surface area contributed by atoms with Crippen molar-refractivity contribution in [3.8, 4) is 5.69 Å². The van der Waals surface area contributed by atoms with E-state index in [4.69, 9.17) is 11.6 Å². The first-order chi connectivity index (χ1) is 13.9. The van der Waals surface area contributed by atoms with Crippen LogP contribution in [0.1, 0.15) is 15.9 Å². The van der Waals surface area contributed by atoms with Crippen LogP contribution in [0.3, 0.4) is 0 Å². The van der Waals surface area contributed by atoms with Crippen LogP contribution in [0.25, 0.3) is 16.7 Å². The van der Waals surface area contributed by atoms with Crippen molar-refractivity contribution in [2.45, 2.75) is 6.92 Å². The summed E-state index contributed by atoms with van der Waals surface area (Å²) in [6.07, 6.45) is 0. The zero-order chi connectivity index (χ0) is 20.5. The molecule has 0 aliphatic heterocycles. The Kier molecular flexibility index (Phi) is 4.69. The van der Waals surface area contributed by atoms with Gasteiger partial charge in [0.25, 0.3) is 11.6 Å². The summed E-state index contributed by atoms with van der Waals surface area (Å²) < 4.78 is 0. The second-order valence-corrected chi connectivity index (χ2v) is 6.81. The standard InChI is InChI=1S/C20H14ClN5O3/c1-12-2-6-15(7-3-12)25-23-17-9-5-14(11-18(17)24-25)22-20(27)13-4-8-16(21)19(10-13)26(28)29/h2-11H,1H3,(H,22,27). The lowest BCUT2D eigenvalue weighted by atomic mass is 10.2. The van der Waals surface area contributed by atoms with Crippen LogP contribution >= 0.6 is 11.6 Å². The van der Waals surface area contributed by atoms with Crippen LogP contribution in [-0.2, 0) is 0 Å². The number of rotatable bonds is 4. The number of carbonyl (C=O) groups excluding carboxylic acids is 1. The number of hydrogen-bond donors (Lipinski definition) is 1. The van der Waals surface area contributed by atoms with Gasteiger partial charge in [0.2, 0.25) is 0 Å². The zero-order valence-electron chi connectivity index (χ0n) is 15.2. The highest BCUT2D eigenvalue weighted by Crippen LogP contribution is 2.26. The molecule has 0 unspecified atom stereocenters. The third kappa shape index (κ3) is 3.78. The van der Waals surface area contributed by atoms with Crippen molar-refractivity contribution in [3.05, 3.63) is 86.9 Å². The molecule has 1 N–H and O–H groups in total. The number of amides is 1. The largest absolute Gasteiger partial charge is 0.322 e. The van der Waals surface area contributed by atoms with E-state index < -0.39 is 10.8 Å². The average molecular weight is 408 g/mol. The maximum Gasteiger partial charge on any atom is 0.288 e. The topological polar surface area (TPSA) is 103 Å². The quantitative estimate of drug-likeness (QED) is 0.395. The van der Waals surface area contributed by atoms with Gasteiger partial charge < -0.3 is 5.32 Å². The van der Waals surface area contributed by atoms with E-state index in [0.717, 1.165) is 17.3 Å². The number of nitro groups is 1. The molecule has 0 aliphatic carbocycles. The molecule has 0 fully saturated rings. The SMILES string of the molecule is Cc1ccc(-n2nc3ccc(NC(=O)c4ccc(Cl)c([N+](=O)[O-])c4)cc3n2)cc1. The number of nitro benzene ring substituents is 1. The van der Waals surface area contributed by atoms with Gasteiger partial charge in [0.1, 0.15) is 16.1 Å². The Morgan fingerprint density at radius 1 is 1.03 bits per heavy atom. The van der Waals surface area contributed by atoms with Crippen LogP contribution in [0.5, 0.6) is 0 Å². The van der Waals surface area contributed by atoms with Gasteiger partial charge in [-0.1, -0.05) is 29.3 Å². The number of hydrogen-bond acceptors (Lipinski definition) is 5. The van der Waals surface area contributed by atoms with Crippen LogP contribution in [-0.4, -0.2) is 25.8 Å². The molecule has 0 bridgehead atoms. The van der Waals surface area contributed by atoms with E-state index >= 15 is 0 Å².